The second kappa shape index (κ2) is 7.70. The summed E-state index contributed by atoms with van der Waals surface area (Å²) in [5, 5.41) is -0.227. The van der Waals surface area contributed by atoms with Crippen LogP contribution in [0.5, 0.6) is 5.75 Å². The van der Waals surface area contributed by atoms with Gasteiger partial charge in [-0.15, -0.1) is 13.2 Å². The molecule has 0 atom stereocenters. The van der Waals surface area contributed by atoms with Gasteiger partial charge in [0.25, 0.3) is 6.43 Å². The largest absolute Gasteiger partial charge is 0.573 e. The van der Waals surface area contributed by atoms with Crippen molar-refractivity contribution in [1.29, 1.82) is 0 Å². The van der Waals surface area contributed by atoms with Crippen molar-refractivity contribution in [3.05, 3.63) is 23.0 Å². The highest BCUT2D eigenvalue weighted by atomic mass is 79.9. The number of carbonyl (C=O) groups excluding carboxylic acids is 1. The van der Waals surface area contributed by atoms with Gasteiger partial charge in [0.15, 0.2) is 5.75 Å². The Morgan fingerprint density at radius 2 is 2.05 bits per heavy atom. The van der Waals surface area contributed by atoms with Gasteiger partial charge in [-0.3, -0.25) is 9.78 Å². The molecule has 4 nitrogen and oxygen atoms in total. The van der Waals surface area contributed by atoms with Crippen molar-refractivity contribution >= 4 is 21.9 Å². The number of esters is 1. The minimum atomic E-state index is -5.16. The van der Waals surface area contributed by atoms with Crippen LogP contribution >= 0.6 is 15.9 Å². The van der Waals surface area contributed by atoms with Gasteiger partial charge in [-0.1, -0.05) is 15.9 Å². The third-order valence-electron chi connectivity index (χ3n) is 2.45. The monoisotopic (exact) mass is 391 g/mol. The molecule has 1 heterocycles. The van der Waals surface area contributed by atoms with Crippen molar-refractivity contribution in [2.24, 2.45) is 0 Å². The van der Waals surface area contributed by atoms with Crippen LogP contribution in [0, 0.1) is 0 Å². The van der Waals surface area contributed by atoms with Gasteiger partial charge in [0.05, 0.1) is 13.0 Å². The summed E-state index contributed by atoms with van der Waals surface area (Å²) in [4.78, 5) is 14.7. The lowest BCUT2D eigenvalue weighted by atomic mass is 10.1. The fraction of sp³-hybridized carbons (Fsp3) is 0.500. The maximum absolute atomic E-state index is 12.8. The van der Waals surface area contributed by atoms with E-state index in [9.17, 15) is 26.7 Å². The van der Waals surface area contributed by atoms with Crippen LogP contribution in [0.25, 0.3) is 0 Å². The van der Waals surface area contributed by atoms with E-state index in [-0.39, 0.29) is 23.1 Å². The van der Waals surface area contributed by atoms with E-state index < -0.39 is 36.6 Å². The lowest BCUT2D eigenvalue weighted by Crippen LogP contribution is -2.21. The number of aromatic nitrogens is 1. The minimum absolute atomic E-state index is 0.0129. The average Bonchev–Trinajstić information content (AvgIpc) is 2.37. The first kappa shape index (κ1) is 18.6. The number of ether oxygens (including phenoxy) is 2. The number of hydrogen-bond donors (Lipinski definition) is 0. The van der Waals surface area contributed by atoms with E-state index in [0.717, 1.165) is 6.20 Å². The summed E-state index contributed by atoms with van der Waals surface area (Å²) < 4.78 is 71.2. The molecule has 0 unspecified atom stereocenters. The first-order chi connectivity index (χ1) is 10.2. The maximum atomic E-state index is 12.8. The molecule has 0 radical (unpaired) electrons. The third-order valence-corrected chi connectivity index (χ3v) is 3.01. The zero-order chi connectivity index (χ0) is 16.9. The minimum Gasteiger partial charge on any atom is -0.466 e. The van der Waals surface area contributed by atoms with Crippen molar-refractivity contribution in [3.8, 4) is 5.75 Å². The molecule has 0 spiro atoms. The molecule has 0 saturated carbocycles. The van der Waals surface area contributed by atoms with Gasteiger partial charge < -0.3 is 9.47 Å². The Balaban J connectivity index is 3.31. The quantitative estimate of drug-likeness (QED) is 0.419. The predicted octanol–water partition coefficient (Wildman–Crippen LogP) is 3.92. The smallest absolute Gasteiger partial charge is 0.466 e. The number of nitrogens with zero attached hydrogens (tertiary/aromatic N) is 1. The van der Waals surface area contributed by atoms with E-state index in [1.807, 2.05) is 0 Å². The Morgan fingerprint density at radius 1 is 1.41 bits per heavy atom. The fourth-order valence-corrected chi connectivity index (χ4v) is 2.25. The Morgan fingerprint density at radius 3 is 2.50 bits per heavy atom. The lowest BCUT2D eigenvalue weighted by Gasteiger charge is -2.17. The Hall–Kier alpha value is -1.45. The zero-order valence-electron chi connectivity index (χ0n) is 11.2. The summed E-state index contributed by atoms with van der Waals surface area (Å²) in [6.45, 7) is 1.64. The molecule has 124 valence electrons. The molecule has 1 rings (SSSR count). The van der Waals surface area contributed by atoms with Crippen LogP contribution in [0.2, 0.25) is 0 Å². The predicted molar refractivity (Wildman–Crippen MR) is 68.8 cm³/mol. The SMILES string of the molecule is CCOC(=O)Cc1cnc(C(F)F)c(OC(F)(F)F)c1CBr. The second-order valence-electron chi connectivity index (χ2n) is 3.94. The Kier molecular flexibility index (Phi) is 6.51. The lowest BCUT2D eigenvalue weighted by molar-refractivity contribution is -0.275. The van der Waals surface area contributed by atoms with E-state index in [0.29, 0.717) is 0 Å². The zero-order valence-corrected chi connectivity index (χ0v) is 12.8. The molecule has 0 aromatic carbocycles. The first-order valence-corrected chi connectivity index (χ1v) is 7.07. The van der Waals surface area contributed by atoms with Gasteiger partial charge in [0, 0.05) is 17.1 Å². The molecular weight excluding hydrogens is 381 g/mol. The summed E-state index contributed by atoms with van der Waals surface area (Å²) in [5.41, 5.74) is -1.35. The molecule has 10 heteroatoms. The summed E-state index contributed by atoms with van der Waals surface area (Å²) in [6.07, 6.45) is -7.91. The van der Waals surface area contributed by atoms with Gasteiger partial charge >= 0.3 is 12.3 Å². The molecule has 0 fully saturated rings. The van der Waals surface area contributed by atoms with Crippen molar-refractivity contribution in [1.82, 2.24) is 4.98 Å². The molecule has 0 bridgehead atoms. The molecule has 0 aliphatic heterocycles. The highest BCUT2D eigenvalue weighted by molar-refractivity contribution is 9.08. The third kappa shape index (κ3) is 5.08. The average molecular weight is 392 g/mol. The normalized spacial score (nSPS) is 11.6. The molecular formula is C12H11BrF5NO3. The van der Waals surface area contributed by atoms with Crippen LogP contribution in [0.4, 0.5) is 22.0 Å². The van der Waals surface area contributed by atoms with Crippen LogP contribution in [0.15, 0.2) is 6.20 Å². The number of alkyl halides is 6. The molecule has 0 aliphatic rings. The van der Waals surface area contributed by atoms with E-state index in [1.54, 1.807) is 6.92 Å². The standard InChI is InChI=1S/C12H11BrF5NO3/c1-2-21-8(20)3-6-5-19-9(11(14)15)10(7(6)4-13)22-12(16,17)18/h5,11H,2-4H2,1H3. The summed E-state index contributed by atoms with van der Waals surface area (Å²) in [5.74, 6) is -1.81. The number of rotatable bonds is 6. The summed E-state index contributed by atoms with van der Waals surface area (Å²) >= 11 is 2.91. The maximum Gasteiger partial charge on any atom is 0.573 e. The van der Waals surface area contributed by atoms with Crippen molar-refractivity contribution < 1.29 is 36.2 Å². The number of pyridine rings is 1. The van der Waals surface area contributed by atoms with E-state index in [1.165, 1.54) is 0 Å². The highest BCUT2D eigenvalue weighted by Gasteiger charge is 2.36. The van der Waals surface area contributed by atoms with Gasteiger partial charge in [0.2, 0.25) is 0 Å². The number of hydrogen-bond acceptors (Lipinski definition) is 4. The van der Waals surface area contributed by atoms with Gasteiger partial charge in [-0.2, -0.15) is 0 Å². The fourth-order valence-electron chi connectivity index (χ4n) is 1.64. The van der Waals surface area contributed by atoms with E-state index in [2.05, 4.69) is 30.4 Å². The van der Waals surface area contributed by atoms with Crippen LogP contribution in [0.3, 0.4) is 0 Å². The van der Waals surface area contributed by atoms with Gasteiger partial charge in [-0.05, 0) is 12.5 Å². The van der Waals surface area contributed by atoms with E-state index in [4.69, 9.17) is 0 Å². The van der Waals surface area contributed by atoms with Crippen LogP contribution in [-0.4, -0.2) is 23.9 Å². The molecule has 22 heavy (non-hydrogen) atoms. The number of carbonyl (C=O) groups is 1. The topological polar surface area (TPSA) is 48.4 Å². The summed E-state index contributed by atoms with van der Waals surface area (Å²) in [6, 6.07) is 0. The van der Waals surface area contributed by atoms with Crippen LogP contribution < -0.4 is 4.74 Å². The molecule has 0 N–H and O–H groups in total. The van der Waals surface area contributed by atoms with Crippen molar-refractivity contribution in [2.75, 3.05) is 6.61 Å². The van der Waals surface area contributed by atoms with Crippen LogP contribution in [-0.2, 0) is 21.3 Å². The first-order valence-electron chi connectivity index (χ1n) is 5.95. The van der Waals surface area contributed by atoms with Crippen molar-refractivity contribution in [2.45, 2.75) is 31.5 Å². The van der Waals surface area contributed by atoms with E-state index >= 15 is 0 Å². The van der Waals surface area contributed by atoms with Gasteiger partial charge in [-0.25, -0.2) is 8.78 Å². The molecule has 0 aliphatic carbocycles. The van der Waals surface area contributed by atoms with Crippen LogP contribution in [0.1, 0.15) is 30.2 Å². The summed E-state index contributed by atoms with van der Waals surface area (Å²) in [7, 11) is 0. The highest BCUT2D eigenvalue weighted by Crippen LogP contribution is 2.37. The second-order valence-corrected chi connectivity index (χ2v) is 4.50. The molecule has 0 saturated heterocycles. The van der Waals surface area contributed by atoms with Gasteiger partial charge in [0.1, 0.15) is 5.69 Å². The molecule has 0 amide bonds. The van der Waals surface area contributed by atoms with Crippen molar-refractivity contribution in [3.63, 3.8) is 0 Å². The Labute approximate surface area is 130 Å². The molecule has 1 aromatic heterocycles. The molecule has 1 aromatic rings. The Bertz CT molecular complexity index is 536. The number of halogens is 6.